The predicted molar refractivity (Wildman–Crippen MR) is 59.4 cm³/mol. The summed E-state index contributed by atoms with van der Waals surface area (Å²) in [6.07, 6.45) is 0. The van der Waals surface area contributed by atoms with E-state index >= 15 is 0 Å². The second kappa shape index (κ2) is 4.11. The number of aliphatic hydroxyl groups excluding tert-OH is 1. The maximum absolute atomic E-state index is 9.32. The van der Waals surface area contributed by atoms with Gasteiger partial charge in [0.1, 0.15) is 0 Å². The smallest absolute Gasteiger partial charge is 0.0537 e. The summed E-state index contributed by atoms with van der Waals surface area (Å²) in [5.74, 6) is 0. The molecule has 1 aromatic carbocycles. The van der Waals surface area contributed by atoms with Crippen LogP contribution in [0.2, 0.25) is 0 Å². The first-order chi connectivity index (χ1) is 6.53. The first-order valence-electron chi connectivity index (χ1n) is 4.92. The summed E-state index contributed by atoms with van der Waals surface area (Å²) in [6, 6.07) is 6.23. The van der Waals surface area contributed by atoms with Crippen molar-refractivity contribution in [2.75, 3.05) is 13.2 Å². The van der Waals surface area contributed by atoms with E-state index in [1.54, 1.807) is 0 Å². The monoisotopic (exact) mass is 193 g/mol. The number of hydrogen-bond acceptors (Lipinski definition) is 2. The molecule has 0 heterocycles. The van der Waals surface area contributed by atoms with Gasteiger partial charge in [-0.15, -0.1) is 0 Å². The highest BCUT2D eigenvalue weighted by Crippen LogP contribution is 2.23. The highest BCUT2D eigenvalue weighted by Gasteiger charge is 2.23. The van der Waals surface area contributed by atoms with Gasteiger partial charge in [-0.2, -0.15) is 0 Å². The largest absolute Gasteiger partial charge is 0.395 e. The molecule has 1 unspecified atom stereocenters. The Kier molecular flexibility index (Phi) is 3.29. The minimum absolute atomic E-state index is 0.0893. The number of benzene rings is 1. The van der Waals surface area contributed by atoms with Crippen molar-refractivity contribution in [2.24, 2.45) is 5.73 Å². The van der Waals surface area contributed by atoms with Crippen LogP contribution in [0.3, 0.4) is 0 Å². The zero-order valence-corrected chi connectivity index (χ0v) is 9.17. The fraction of sp³-hybridized carbons (Fsp3) is 0.500. The van der Waals surface area contributed by atoms with E-state index in [-0.39, 0.29) is 12.0 Å². The highest BCUT2D eigenvalue weighted by atomic mass is 16.3. The van der Waals surface area contributed by atoms with Crippen LogP contribution in [0, 0.1) is 13.8 Å². The molecular weight excluding hydrogens is 174 g/mol. The summed E-state index contributed by atoms with van der Waals surface area (Å²) >= 11 is 0. The van der Waals surface area contributed by atoms with Crippen molar-refractivity contribution < 1.29 is 5.11 Å². The lowest BCUT2D eigenvalue weighted by Crippen LogP contribution is -2.35. The molecule has 0 fully saturated rings. The summed E-state index contributed by atoms with van der Waals surface area (Å²) in [6.45, 7) is 6.69. The van der Waals surface area contributed by atoms with Gasteiger partial charge in [0, 0.05) is 12.0 Å². The number of aliphatic hydroxyl groups is 1. The molecule has 0 saturated carbocycles. The van der Waals surface area contributed by atoms with Gasteiger partial charge in [-0.1, -0.05) is 25.1 Å². The number of nitrogens with two attached hydrogens (primary N) is 1. The summed E-state index contributed by atoms with van der Waals surface area (Å²) in [5, 5.41) is 9.32. The molecule has 0 saturated heterocycles. The Morgan fingerprint density at radius 3 is 2.36 bits per heavy atom. The van der Waals surface area contributed by atoms with Crippen molar-refractivity contribution in [1.29, 1.82) is 0 Å². The molecule has 0 aliphatic rings. The number of rotatable bonds is 3. The maximum atomic E-state index is 9.32. The molecule has 0 amide bonds. The molecule has 0 spiro atoms. The van der Waals surface area contributed by atoms with Crippen molar-refractivity contribution in [1.82, 2.24) is 0 Å². The van der Waals surface area contributed by atoms with Gasteiger partial charge in [-0.05, 0) is 30.5 Å². The molecule has 14 heavy (non-hydrogen) atoms. The Balaban J connectivity index is 3.12. The fourth-order valence-corrected chi connectivity index (χ4v) is 1.39. The van der Waals surface area contributed by atoms with E-state index in [1.165, 1.54) is 11.1 Å². The third-order valence-corrected chi connectivity index (χ3v) is 3.00. The molecule has 1 aromatic rings. The molecule has 0 aliphatic heterocycles. The van der Waals surface area contributed by atoms with E-state index in [1.807, 2.05) is 13.0 Å². The second-order valence-electron chi connectivity index (χ2n) is 4.22. The molecule has 1 rings (SSSR count). The molecule has 0 bridgehead atoms. The normalized spacial score (nSPS) is 15.2. The lowest BCUT2D eigenvalue weighted by molar-refractivity contribution is 0.210. The Morgan fingerprint density at radius 1 is 1.29 bits per heavy atom. The summed E-state index contributed by atoms with van der Waals surface area (Å²) in [4.78, 5) is 0. The summed E-state index contributed by atoms with van der Waals surface area (Å²) in [5.41, 5.74) is 9.00. The third-order valence-electron chi connectivity index (χ3n) is 3.00. The number of hydrogen-bond donors (Lipinski definition) is 2. The van der Waals surface area contributed by atoms with Crippen molar-refractivity contribution >= 4 is 0 Å². The molecule has 2 heteroatoms. The average molecular weight is 193 g/mol. The van der Waals surface area contributed by atoms with Gasteiger partial charge in [-0.25, -0.2) is 0 Å². The maximum Gasteiger partial charge on any atom is 0.0537 e. The molecule has 0 aromatic heterocycles. The Hall–Kier alpha value is -0.860. The van der Waals surface area contributed by atoms with Crippen molar-refractivity contribution in [2.45, 2.75) is 26.2 Å². The van der Waals surface area contributed by atoms with Gasteiger partial charge >= 0.3 is 0 Å². The molecule has 3 N–H and O–H groups in total. The van der Waals surface area contributed by atoms with Gasteiger partial charge in [-0.3, -0.25) is 0 Å². The van der Waals surface area contributed by atoms with Crippen LogP contribution < -0.4 is 5.73 Å². The van der Waals surface area contributed by atoms with Crippen LogP contribution in [0.4, 0.5) is 0 Å². The standard InChI is InChI=1S/C12H19NO/c1-9-4-5-11(6-10(9)2)12(3,7-13)8-14/h4-6,14H,7-8,13H2,1-3H3. The summed E-state index contributed by atoms with van der Waals surface area (Å²) < 4.78 is 0. The van der Waals surface area contributed by atoms with E-state index < -0.39 is 0 Å². The summed E-state index contributed by atoms with van der Waals surface area (Å²) in [7, 11) is 0. The lowest BCUT2D eigenvalue weighted by atomic mass is 9.82. The highest BCUT2D eigenvalue weighted by molar-refractivity contribution is 5.34. The van der Waals surface area contributed by atoms with E-state index in [4.69, 9.17) is 5.73 Å². The topological polar surface area (TPSA) is 46.2 Å². The van der Waals surface area contributed by atoms with Gasteiger partial charge in [0.2, 0.25) is 0 Å². The molecule has 2 nitrogen and oxygen atoms in total. The second-order valence-corrected chi connectivity index (χ2v) is 4.22. The van der Waals surface area contributed by atoms with Crippen LogP contribution in [-0.4, -0.2) is 18.3 Å². The van der Waals surface area contributed by atoms with E-state index in [0.29, 0.717) is 6.54 Å². The first-order valence-corrected chi connectivity index (χ1v) is 4.92. The van der Waals surface area contributed by atoms with Gasteiger partial charge in [0.05, 0.1) is 6.61 Å². The quantitative estimate of drug-likeness (QED) is 0.764. The van der Waals surface area contributed by atoms with Gasteiger partial charge < -0.3 is 10.8 Å². The predicted octanol–water partition coefficient (Wildman–Crippen LogP) is 1.51. The Morgan fingerprint density at radius 2 is 1.93 bits per heavy atom. The third kappa shape index (κ3) is 1.97. The van der Waals surface area contributed by atoms with Crippen molar-refractivity contribution in [3.63, 3.8) is 0 Å². The van der Waals surface area contributed by atoms with Gasteiger partial charge in [0.15, 0.2) is 0 Å². The zero-order chi connectivity index (χ0) is 10.8. The van der Waals surface area contributed by atoms with Crippen LogP contribution >= 0.6 is 0 Å². The zero-order valence-electron chi connectivity index (χ0n) is 9.17. The Bertz CT molecular complexity index is 316. The molecule has 0 radical (unpaired) electrons. The van der Waals surface area contributed by atoms with Gasteiger partial charge in [0.25, 0.3) is 0 Å². The lowest BCUT2D eigenvalue weighted by Gasteiger charge is -2.26. The fourth-order valence-electron chi connectivity index (χ4n) is 1.39. The molecular formula is C12H19NO. The molecule has 1 atom stereocenters. The molecule has 78 valence electrons. The number of aryl methyl sites for hydroxylation is 2. The van der Waals surface area contributed by atoms with Crippen LogP contribution in [0.5, 0.6) is 0 Å². The SMILES string of the molecule is Cc1ccc(C(C)(CN)CO)cc1C. The van der Waals surface area contributed by atoms with Crippen LogP contribution in [0.1, 0.15) is 23.6 Å². The average Bonchev–Trinajstić information content (AvgIpc) is 2.21. The first kappa shape index (κ1) is 11.2. The minimum atomic E-state index is -0.307. The van der Waals surface area contributed by atoms with Crippen molar-refractivity contribution in [3.05, 3.63) is 34.9 Å². The van der Waals surface area contributed by atoms with E-state index in [9.17, 15) is 5.11 Å². The van der Waals surface area contributed by atoms with E-state index in [2.05, 4.69) is 26.0 Å². The molecule has 0 aliphatic carbocycles. The van der Waals surface area contributed by atoms with Crippen molar-refractivity contribution in [3.8, 4) is 0 Å². The van der Waals surface area contributed by atoms with Crippen LogP contribution in [0.15, 0.2) is 18.2 Å². The van der Waals surface area contributed by atoms with Crippen LogP contribution in [-0.2, 0) is 5.41 Å². The van der Waals surface area contributed by atoms with Crippen LogP contribution in [0.25, 0.3) is 0 Å². The van der Waals surface area contributed by atoms with E-state index in [0.717, 1.165) is 5.56 Å². The minimum Gasteiger partial charge on any atom is -0.395 e. The Labute approximate surface area is 85.8 Å².